The zero-order valence-electron chi connectivity index (χ0n) is 18.0. The fraction of sp³-hybridized carbons (Fsp3) is 0.125. The van der Waals surface area contributed by atoms with E-state index < -0.39 is 17.3 Å². The van der Waals surface area contributed by atoms with Crippen LogP contribution in [0.15, 0.2) is 71.6 Å². The first-order valence-electron chi connectivity index (χ1n) is 10.2. The molecule has 1 atom stereocenters. The van der Waals surface area contributed by atoms with Crippen molar-refractivity contribution in [3.8, 4) is 0 Å². The van der Waals surface area contributed by atoms with Gasteiger partial charge in [-0.2, -0.15) is 0 Å². The molecule has 0 fully saturated rings. The second kappa shape index (κ2) is 12.7. The number of carbonyl (C=O) groups is 3. The molecule has 1 unspecified atom stereocenters. The lowest BCUT2D eigenvalue weighted by Crippen LogP contribution is -2.21. The average molecular weight is 554 g/mol. The number of carboxylic acids is 1. The van der Waals surface area contributed by atoms with Crippen LogP contribution < -0.4 is 10.6 Å². The van der Waals surface area contributed by atoms with Gasteiger partial charge in [0.2, 0.25) is 0 Å². The molecule has 0 aliphatic rings. The Morgan fingerprint density at radius 1 is 0.886 bits per heavy atom. The average Bonchev–Trinajstić information content (AvgIpc) is 2.82. The quantitative estimate of drug-likeness (QED) is 0.245. The number of carbonyl (C=O) groups excluding carboxylic acids is 2. The molecule has 2 amide bonds. The van der Waals surface area contributed by atoms with Crippen molar-refractivity contribution in [1.29, 1.82) is 0 Å². The molecular weight excluding hydrogens is 535 g/mol. The molecule has 11 heteroatoms. The van der Waals surface area contributed by atoms with E-state index >= 15 is 0 Å². The van der Waals surface area contributed by atoms with Gasteiger partial charge in [0.05, 0.1) is 22.3 Å². The maximum absolute atomic E-state index is 12.4. The Balaban J connectivity index is 1.51. The van der Waals surface area contributed by atoms with E-state index in [1.807, 2.05) is 0 Å². The van der Waals surface area contributed by atoms with Crippen LogP contribution in [-0.2, 0) is 9.53 Å². The summed E-state index contributed by atoms with van der Waals surface area (Å²) in [6, 6.07) is 18.0. The van der Waals surface area contributed by atoms with Gasteiger partial charge in [-0.3, -0.25) is 14.9 Å². The lowest BCUT2D eigenvalue weighted by Gasteiger charge is -2.14. The van der Waals surface area contributed by atoms with Gasteiger partial charge in [0, 0.05) is 27.6 Å². The molecule has 3 aromatic carbocycles. The molecule has 0 bridgehead atoms. The predicted molar refractivity (Wildman–Crippen MR) is 139 cm³/mol. The lowest BCUT2D eigenvalue weighted by atomic mass is 10.2. The number of thioether (sulfide) groups is 1. The van der Waals surface area contributed by atoms with Crippen molar-refractivity contribution in [1.82, 2.24) is 0 Å². The minimum atomic E-state index is -1.06. The summed E-state index contributed by atoms with van der Waals surface area (Å²) in [4.78, 5) is 36.8. The Bertz CT molecular complexity index is 1190. The molecular formula is C24H19Cl3N2O5S. The number of para-hydroxylation sites is 1. The van der Waals surface area contributed by atoms with E-state index in [1.165, 1.54) is 0 Å². The monoisotopic (exact) mass is 552 g/mol. The van der Waals surface area contributed by atoms with Crippen molar-refractivity contribution < 1.29 is 24.2 Å². The minimum absolute atomic E-state index is 0.0580. The second-order valence-electron chi connectivity index (χ2n) is 7.08. The van der Waals surface area contributed by atoms with Crippen LogP contribution in [0.4, 0.5) is 16.2 Å². The maximum atomic E-state index is 12.4. The Hall–Kier alpha value is -2.91. The molecule has 0 aliphatic carbocycles. The van der Waals surface area contributed by atoms with Gasteiger partial charge in [0.1, 0.15) is 5.25 Å². The van der Waals surface area contributed by atoms with Crippen LogP contribution >= 0.6 is 46.6 Å². The fourth-order valence-corrected chi connectivity index (χ4v) is 4.39. The Morgan fingerprint density at radius 2 is 1.51 bits per heavy atom. The maximum Gasteiger partial charge on any atom is 0.411 e. The Kier molecular flexibility index (Phi) is 9.68. The van der Waals surface area contributed by atoms with Crippen LogP contribution in [0, 0.1) is 0 Å². The summed E-state index contributed by atoms with van der Waals surface area (Å²) in [6.45, 7) is -0.139. The lowest BCUT2D eigenvalue weighted by molar-refractivity contribution is -0.136. The highest BCUT2D eigenvalue weighted by Crippen LogP contribution is 2.30. The van der Waals surface area contributed by atoms with Crippen LogP contribution in [0.5, 0.6) is 0 Å². The molecule has 182 valence electrons. The van der Waals surface area contributed by atoms with Crippen LogP contribution in [0.25, 0.3) is 0 Å². The largest absolute Gasteiger partial charge is 0.480 e. The molecule has 0 heterocycles. The summed E-state index contributed by atoms with van der Waals surface area (Å²) in [5.41, 5.74) is 1.23. The van der Waals surface area contributed by atoms with E-state index in [4.69, 9.17) is 39.5 Å². The van der Waals surface area contributed by atoms with Crippen molar-refractivity contribution in [3.05, 3.63) is 87.4 Å². The Morgan fingerprint density at radius 3 is 2.11 bits per heavy atom. The fourth-order valence-electron chi connectivity index (χ4n) is 2.83. The number of carboxylic acid groups (broad SMARTS) is 1. The van der Waals surface area contributed by atoms with Crippen molar-refractivity contribution in [2.75, 3.05) is 17.2 Å². The van der Waals surface area contributed by atoms with Crippen LogP contribution in [-0.4, -0.2) is 34.9 Å². The van der Waals surface area contributed by atoms with E-state index in [2.05, 4.69) is 10.6 Å². The summed E-state index contributed by atoms with van der Waals surface area (Å²) in [5.74, 6) is -1.37. The summed E-state index contributed by atoms with van der Waals surface area (Å²) in [7, 11) is 0. The molecule has 0 saturated carbocycles. The highest BCUT2D eigenvalue weighted by Gasteiger charge is 2.20. The van der Waals surface area contributed by atoms with E-state index in [1.54, 1.807) is 66.7 Å². The number of anilines is 2. The molecule has 0 aliphatic heterocycles. The number of benzene rings is 3. The second-order valence-corrected chi connectivity index (χ2v) is 9.60. The Labute approximate surface area is 220 Å². The van der Waals surface area contributed by atoms with E-state index in [-0.39, 0.29) is 34.7 Å². The molecule has 0 spiro atoms. The highest BCUT2D eigenvalue weighted by molar-refractivity contribution is 8.00. The van der Waals surface area contributed by atoms with Crippen molar-refractivity contribution in [2.45, 2.75) is 16.6 Å². The van der Waals surface area contributed by atoms with Gasteiger partial charge in [0.15, 0.2) is 0 Å². The first kappa shape index (κ1) is 26.7. The third-order valence-electron chi connectivity index (χ3n) is 4.58. The number of hydrogen-bond donors (Lipinski definition) is 3. The third-order valence-corrected chi connectivity index (χ3v) is 6.72. The van der Waals surface area contributed by atoms with Crippen molar-refractivity contribution in [2.24, 2.45) is 0 Å². The van der Waals surface area contributed by atoms with Gasteiger partial charge in [-0.05, 0) is 60.7 Å². The van der Waals surface area contributed by atoms with Crippen molar-refractivity contribution in [3.63, 3.8) is 0 Å². The van der Waals surface area contributed by atoms with Gasteiger partial charge in [-0.15, -0.1) is 11.8 Å². The van der Waals surface area contributed by atoms with Gasteiger partial charge >= 0.3 is 12.1 Å². The van der Waals surface area contributed by atoms with E-state index in [9.17, 15) is 19.5 Å². The molecule has 0 aromatic heterocycles. The summed E-state index contributed by atoms with van der Waals surface area (Å²) >= 11 is 18.9. The minimum Gasteiger partial charge on any atom is -0.480 e. The van der Waals surface area contributed by atoms with Gasteiger partial charge in [-0.25, -0.2) is 4.79 Å². The highest BCUT2D eigenvalue weighted by atomic mass is 35.5. The molecule has 3 rings (SSSR count). The number of amides is 2. The summed E-state index contributed by atoms with van der Waals surface area (Å²) in [5, 5.41) is 14.9. The smallest absolute Gasteiger partial charge is 0.411 e. The normalized spacial score (nSPS) is 11.4. The number of halogens is 3. The summed E-state index contributed by atoms with van der Waals surface area (Å²) < 4.78 is 5.08. The SMILES string of the molecule is O=C(Nc1c(Cl)cccc1Cl)OCCC(Sc1ccc(C(=O)Nc2ccc(Cl)cc2)cc1)C(=O)O. The standard InChI is InChI=1S/C24H19Cl3N2O5S/c25-15-6-8-16(9-7-15)28-22(30)14-4-10-17(11-5-14)35-20(23(31)32)12-13-34-24(33)29-21-18(26)2-1-3-19(21)27/h1-11,20H,12-13H2,(H,28,30)(H,29,33)(H,31,32). The van der Waals surface area contributed by atoms with Crippen LogP contribution in [0.1, 0.15) is 16.8 Å². The van der Waals surface area contributed by atoms with Gasteiger partial charge in [0.25, 0.3) is 5.91 Å². The van der Waals surface area contributed by atoms with E-state index in [0.717, 1.165) is 11.8 Å². The van der Waals surface area contributed by atoms with Crippen molar-refractivity contribution >= 4 is 75.9 Å². The molecule has 0 saturated heterocycles. The van der Waals surface area contributed by atoms with Crippen LogP contribution in [0.3, 0.4) is 0 Å². The number of nitrogens with one attached hydrogen (secondary N) is 2. The van der Waals surface area contributed by atoms with Gasteiger partial charge in [-0.1, -0.05) is 40.9 Å². The van der Waals surface area contributed by atoms with Crippen LogP contribution in [0.2, 0.25) is 15.1 Å². The number of aliphatic carboxylic acids is 1. The number of hydrogen-bond acceptors (Lipinski definition) is 5. The zero-order chi connectivity index (χ0) is 25.4. The first-order valence-corrected chi connectivity index (χ1v) is 12.2. The molecule has 0 radical (unpaired) electrons. The summed E-state index contributed by atoms with van der Waals surface area (Å²) in [6.07, 6.45) is -0.743. The third kappa shape index (κ3) is 8.07. The van der Waals surface area contributed by atoms with Gasteiger partial charge < -0.3 is 15.2 Å². The molecule has 35 heavy (non-hydrogen) atoms. The molecule has 3 N–H and O–H groups in total. The topological polar surface area (TPSA) is 105 Å². The predicted octanol–water partition coefficient (Wildman–Crippen LogP) is 7.08. The number of rotatable bonds is 9. The molecule has 7 nitrogen and oxygen atoms in total. The first-order chi connectivity index (χ1) is 16.7. The zero-order valence-corrected chi connectivity index (χ0v) is 21.0. The number of ether oxygens (including phenoxy) is 1. The molecule has 3 aromatic rings. The van der Waals surface area contributed by atoms with E-state index in [0.29, 0.717) is 21.2 Å².